The molecule has 0 N–H and O–H groups in total. The van der Waals surface area contributed by atoms with Gasteiger partial charge < -0.3 is 14.2 Å². The Hall–Kier alpha value is -1.56. The number of esters is 1. The van der Waals surface area contributed by atoms with Gasteiger partial charge in [0.2, 0.25) is 0 Å². The lowest BCUT2D eigenvalue weighted by atomic mass is 10.1. The molecule has 6 nitrogen and oxygen atoms in total. The molecule has 1 saturated heterocycles. The van der Waals surface area contributed by atoms with Crippen molar-refractivity contribution in [2.75, 3.05) is 19.8 Å². The van der Waals surface area contributed by atoms with Crippen LogP contribution in [0.3, 0.4) is 0 Å². The van der Waals surface area contributed by atoms with Crippen molar-refractivity contribution in [3.8, 4) is 0 Å². The third kappa shape index (κ3) is 5.75. The maximum atomic E-state index is 12.2. The molecule has 0 spiro atoms. The van der Waals surface area contributed by atoms with Gasteiger partial charge in [-0.25, -0.2) is 9.59 Å². The SMILES string of the molecule is CCOC(=O)/C=C/[C@@H]1[C@@H](C)OCCN1C(=O)OC(C)(C)C. The van der Waals surface area contributed by atoms with Crippen molar-refractivity contribution in [1.29, 1.82) is 0 Å². The lowest BCUT2D eigenvalue weighted by Crippen LogP contribution is -2.53. The van der Waals surface area contributed by atoms with Crippen molar-refractivity contribution < 1.29 is 23.8 Å². The number of morpholine rings is 1. The summed E-state index contributed by atoms with van der Waals surface area (Å²) in [6.45, 7) is 10.2. The molecule has 1 rings (SSSR count). The minimum Gasteiger partial charge on any atom is -0.463 e. The first-order valence-corrected chi connectivity index (χ1v) is 7.20. The average Bonchev–Trinajstić information content (AvgIpc) is 2.35. The van der Waals surface area contributed by atoms with Crippen molar-refractivity contribution in [3.63, 3.8) is 0 Å². The molecule has 0 unspecified atom stereocenters. The van der Waals surface area contributed by atoms with Crippen molar-refractivity contribution in [2.24, 2.45) is 0 Å². The summed E-state index contributed by atoms with van der Waals surface area (Å²) in [6.07, 6.45) is 2.34. The molecule has 1 aliphatic rings. The summed E-state index contributed by atoms with van der Waals surface area (Å²) in [7, 11) is 0. The zero-order chi connectivity index (χ0) is 16.0. The number of nitrogens with zero attached hydrogens (tertiary/aromatic N) is 1. The molecule has 0 aromatic rings. The highest BCUT2D eigenvalue weighted by Gasteiger charge is 2.33. The number of hydrogen-bond acceptors (Lipinski definition) is 5. The Bertz CT molecular complexity index is 399. The fraction of sp³-hybridized carbons (Fsp3) is 0.733. The Morgan fingerprint density at radius 1 is 1.38 bits per heavy atom. The predicted molar refractivity (Wildman–Crippen MR) is 77.9 cm³/mol. The molecule has 1 heterocycles. The van der Waals surface area contributed by atoms with E-state index in [0.717, 1.165) is 0 Å². The zero-order valence-electron chi connectivity index (χ0n) is 13.4. The molecule has 1 amide bonds. The second kappa shape index (κ2) is 7.45. The topological polar surface area (TPSA) is 65.1 Å². The Balaban J connectivity index is 2.79. The first-order chi connectivity index (χ1) is 9.74. The van der Waals surface area contributed by atoms with E-state index < -0.39 is 17.7 Å². The Morgan fingerprint density at radius 2 is 2.05 bits per heavy atom. The highest BCUT2D eigenvalue weighted by atomic mass is 16.6. The minimum absolute atomic E-state index is 0.211. The van der Waals surface area contributed by atoms with Crippen LogP contribution in [0.1, 0.15) is 34.6 Å². The standard InChI is InChI=1S/C15H25NO5/c1-6-19-13(17)8-7-12-11(2)20-10-9-16(12)14(18)21-15(3,4)5/h7-8,11-12H,6,9-10H2,1-5H3/b8-7+/t11-,12-/m1/s1. The summed E-state index contributed by atoms with van der Waals surface area (Å²) < 4.78 is 15.8. The molecule has 6 heteroatoms. The molecule has 0 saturated carbocycles. The molecule has 21 heavy (non-hydrogen) atoms. The van der Waals surface area contributed by atoms with Gasteiger partial charge in [0.1, 0.15) is 5.60 Å². The van der Waals surface area contributed by atoms with Gasteiger partial charge in [-0.3, -0.25) is 4.90 Å². The van der Waals surface area contributed by atoms with Crippen molar-refractivity contribution >= 4 is 12.1 Å². The van der Waals surface area contributed by atoms with Crippen LogP contribution < -0.4 is 0 Å². The van der Waals surface area contributed by atoms with Crippen LogP contribution >= 0.6 is 0 Å². The molecule has 2 atom stereocenters. The van der Waals surface area contributed by atoms with E-state index in [1.807, 2.05) is 27.7 Å². The molecule has 0 aromatic heterocycles. The van der Waals surface area contributed by atoms with Crippen LogP contribution in [0.4, 0.5) is 4.79 Å². The van der Waals surface area contributed by atoms with Gasteiger partial charge in [0, 0.05) is 12.6 Å². The number of hydrogen-bond donors (Lipinski definition) is 0. The van der Waals surface area contributed by atoms with Gasteiger partial charge in [-0.1, -0.05) is 6.08 Å². The molecule has 0 aromatic carbocycles. The van der Waals surface area contributed by atoms with Crippen molar-refractivity contribution in [1.82, 2.24) is 4.90 Å². The lowest BCUT2D eigenvalue weighted by molar-refractivity contribution is -0.137. The normalized spacial score (nSPS) is 23.2. The quantitative estimate of drug-likeness (QED) is 0.590. The summed E-state index contributed by atoms with van der Waals surface area (Å²) in [5.74, 6) is -0.431. The zero-order valence-corrected chi connectivity index (χ0v) is 13.4. The van der Waals surface area contributed by atoms with E-state index in [1.54, 1.807) is 17.9 Å². The third-order valence-electron chi connectivity index (χ3n) is 2.90. The van der Waals surface area contributed by atoms with Gasteiger partial charge >= 0.3 is 12.1 Å². The van der Waals surface area contributed by atoms with Crippen LogP contribution in [0.15, 0.2) is 12.2 Å². The van der Waals surface area contributed by atoms with Crippen molar-refractivity contribution in [2.45, 2.75) is 52.4 Å². The van der Waals surface area contributed by atoms with E-state index >= 15 is 0 Å². The third-order valence-corrected chi connectivity index (χ3v) is 2.90. The predicted octanol–water partition coefficient (Wildman–Crippen LogP) is 2.13. The van der Waals surface area contributed by atoms with Gasteiger partial charge in [0.05, 0.1) is 25.4 Å². The van der Waals surface area contributed by atoms with Crippen LogP contribution in [-0.4, -0.2) is 54.5 Å². The van der Waals surface area contributed by atoms with Crippen LogP contribution in [0.5, 0.6) is 0 Å². The largest absolute Gasteiger partial charge is 0.463 e. The maximum absolute atomic E-state index is 12.2. The van der Waals surface area contributed by atoms with Crippen LogP contribution in [0.25, 0.3) is 0 Å². The molecular formula is C15H25NO5. The highest BCUT2D eigenvalue weighted by molar-refractivity contribution is 5.82. The van der Waals surface area contributed by atoms with Crippen LogP contribution in [0.2, 0.25) is 0 Å². The summed E-state index contributed by atoms with van der Waals surface area (Å²) >= 11 is 0. The number of carbonyl (C=O) groups is 2. The van der Waals surface area contributed by atoms with E-state index in [9.17, 15) is 9.59 Å². The number of ether oxygens (including phenoxy) is 3. The minimum atomic E-state index is -0.561. The summed E-state index contributed by atoms with van der Waals surface area (Å²) in [6, 6.07) is -0.349. The first-order valence-electron chi connectivity index (χ1n) is 7.20. The monoisotopic (exact) mass is 299 g/mol. The number of rotatable bonds is 3. The Labute approximate surface area is 126 Å². The number of carbonyl (C=O) groups excluding carboxylic acids is 2. The van der Waals surface area contributed by atoms with Crippen LogP contribution in [0, 0.1) is 0 Å². The molecule has 0 radical (unpaired) electrons. The van der Waals surface area contributed by atoms with Gasteiger partial charge in [-0.05, 0) is 34.6 Å². The van der Waals surface area contributed by atoms with Gasteiger partial charge in [-0.15, -0.1) is 0 Å². The second-order valence-corrected chi connectivity index (χ2v) is 5.85. The molecule has 120 valence electrons. The van der Waals surface area contributed by atoms with Gasteiger partial charge in [-0.2, -0.15) is 0 Å². The summed E-state index contributed by atoms with van der Waals surface area (Å²) in [4.78, 5) is 25.2. The van der Waals surface area contributed by atoms with Gasteiger partial charge in [0.25, 0.3) is 0 Å². The molecule has 0 bridgehead atoms. The molecule has 0 aliphatic carbocycles. The van der Waals surface area contributed by atoms with Gasteiger partial charge in [0.15, 0.2) is 0 Å². The van der Waals surface area contributed by atoms with E-state index in [1.165, 1.54) is 6.08 Å². The maximum Gasteiger partial charge on any atom is 0.410 e. The highest BCUT2D eigenvalue weighted by Crippen LogP contribution is 2.19. The number of amides is 1. The van der Waals surface area contributed by atoms with Crippen LogP contribution in [-0.2, 0) is 19.0 Å². The van der Waals surface area contributed by atoms with E-state index in [-0.39, 0.29) is 12.1 Å². The smallest absolute Gasteiger partial charge is 0.410 e. The lowest BCUT2D eigenvalue weighted by Gasteiger charge is -2.38. The molecular weight excluding hydrogens is 274 g/mol. The fourth-order valence-electron chi connectivity index (χ4n) is 2.00. The fourth-order valence-corrected chi connectivity index (χ4v) is 2.00. The average molecular weight is 299 g/mol. The molecule has 1 fully saturated rings. The molecule has 1 aliphatic heterocycles. The van der Waals surface area contributed by atoms with E-state index in [4.69, 9.17) is 14.2 Å². The first kappa shape index (κ1) is 17.5. The van der Waals surface area contributed by atoms with Crippen molar-refractivity contribution in [3.05, 3.63) is 12.2 Å². The van der Waals surface area contributed by atoms with E-state index in [0.29, 0.717) is 19.8 Å². The second-order valence-electron chi connectivity index (χ2n) is 5.85. The Morgan fingerprint density at radius 3 is 2.62 bits per heavy atom. The summed E-state index contributed by atoms with van der Waals surface area (Å²) in [5.41, 5.74) is -0.561. The van der Waals surface area contributed by atoms with E-state index in [2.05, 4.69) is 0 Å². The summed E-state index contributed by atoms with van der Waals surface area (Å²) in [5, 5.41) is 0. The Kier molecular flexibility index (Phi) is 6.20.